The van der Waals surface area contributed by atoms with E-state index in [2.05, 4.69) is 21.8 Å². The zero-order chi connectivity index (χ0) is 19.7. The first-order valence-corrected chi connectivity index (χ1v) is 8.86. The molecule has 0 saturated heterocycles. The lowest BCUT2D eigenvalue weighted by Crippen LogP contribution is -2.05. The highest BCUT2D eigenvalue weighted by molar-refractivity contribution is 5.95. The van der Waals surface area contributed by atoms with Crippen molar-refractivity contribution in [3.8, 4) is 5.88 Å². The molecule has 4 aromatic rings. The van der Waals surface area contributed by atoms with E-state index in [-0.39, 0.29) is 18.0 Å². The largest absolute Gasteiger partial charge is 0.493 e. The third-order valence-corrected chi connectivity index (χ3v) is 4.68. The molecule has 0 fully saturated rings. The first kappa shape index (κ1) is 17.7. The minimum Gasteiger partial charge on any atom is -0.493 e. The van der Waals surface area contributed by atoms with Crippen molar-refractivity contribution in [1.29, 1.82) is 0 Å². The second-order valence-corrected chi connectivity index (χ2v) is 6.43. The van der Waals surface area contributed by atoms with Crippen molar-refractivity contribution < 1.29 is 9.90 Å². The van der Waals surface area contributed by atoms with E-state index in [4.69, 9.17) is 0 Å². The number of azo groups is 1. The smallest absolute Gasteiger partial charge is 0.272 e. The number of allylic oxidation sites excluding steroid dienone is 1. The number of carbonyl (C=O) groups excluding carboxylic acids is 1. The summed E-state index contributed by atoms with van der Waals surface area (Å²) in [5.41, 5.74) is 2.86. The summed E-state index contributed by atoms with van der Waals surface area (Å²) in [6.45, 7) is 4.14. The van der Waals surface area contributed by atoms with Crippen LogP contribution >= 0.6 is 0 Å². The summed E-state index contributed by atoms with van der Waals surface area (Å²) in [5.74, 6) is 0.141. The van der Waals surface area contributed by atoms with Gasteiger partial charge in [-0.15, -0.1) is 16.8 Å². The molecule has 2 heterocycles. The molecule has 2 aromatic carbocycles. The molecule has 0 aliphatic carbocycles. The van der Waals surface area contributed by atoms with Crippen LogP contribution in [0.1, 0.15) is 5.82 Å². The Kier molecular flexibility index (Phi) is 4.49. The summed E-state index contributed by atoms with van der Waals surface area (Å²) in [7, 11) is 1.86. The normalized spacial score (nSPS) is 11.6. The van der Waals surface area contributed by atoms with Gasteiger partial charge in [0.15, 0.2) is 5.69 Å². The number of fused-ring (bicyclic) bond motifs is 2. The van der Waals surface area contributed by atoms with Crippen molar-refractivity contribution in [2.45, 2.75) is 13.0 Å². The number of aromatic hydroxyl groups is 1. The van der Waals surface area contributed by atoms with Crippen LogP contribution in [0.15, 0.2) is 71.4 Å². The van der Waals surface area contributed by atoms with E-state index in [9.17, 15) is 9.90 Å². The second-order valence-electron chi connectivity index (χ2n) is 6.43. The number of carbonyl (C=O) groups is 1. The van der Waals surface area contributed by atoms with Crippen molar-refractivity contribution in [1.82, 2.24) is 14.1 Å². The van der Waals surface area contributed by atoms with Gasteiger partial charge in [0, 0.05) is 19.0 Å². The summed E-state index contributed by atoms with van der Waals surface area (Å²) in [4.78, 5) is 16.9. The second kappa shape index (κ2) is 7.11. The Morgan fingerprint density at radius 1 is 1.18 bits per heavy atom. The number of hydrogen-bond donors (Lipinski definition) is 1. The monoisotopic (exact) mass is 373 g/mol. The van der Waals surface area contributed by atoms with Crippen LogP contribution in [0.2, 0.25) is 0 Å². The average molecular weight is 373 g/mol. The minimum atomic E-state index is -0.432. The van der Waals surface area contributed by atoms with Crippen molar-refractivity contribution >= 4 is 33.5 Å². The maximum absolute atomic E-state index is 12.4. The summed E-state index contributed by atoms with van der Waals surface area (Å²) < 4.78 is 3.54. The summed E-state index contributed by atoms with van der Waals surface area (Å²) in [6, 6.07) is 15.1. The van der Waals surface area contributed by atoms with Crippen LogP contribution in [-0.4, -0.2) is 25.1 Å². The number of amides is 1. The molecule has 4 rings (SSSR count). The van der Waals surface area contributed by atoms with Crippen molar-refractivity contribution in [3.63, 3.8) is 0 Å². The van der Waals surface area contributed by atoms with E-state index < -0.39 is 5.91 Å². The first-order chi connectivity index (χ1) is 13.6. The van der Waals surface area contributed by atoms with Crippen molar-refractivity contribution in [2.24, 2.45) is 17.3 Å². The lowest BCUT2D eigenvalue weighted by Gasteiger charge is -2.01. The highest BCUT2D eigenvalue weighted by Crippen LogP contribution is 2.38. The van der Waals surface area contributed by atoms with Crippen LogP contribution in [0.5, 0.6) is 5.88 Å². The van der Waals surface area contributed by atoms with E-state index >= 15 is 0 Å². The van der Waals surface area contributed by atoms with Gasteiger partial charge in [0.05, 0.1) is 23.0 Å². The molecule has 2 aromatic heterocycles. The van der Waals surface area contributed by atoms with E-state index in [0.717, 1.165) is 21.9 Å². The molecule has 0 aliphatic heterocycles. The Morgan fingerprint density at radius 3 is 2.64 bits per heavy atom. The molecule has 0 radical (unpaired) electrons. The maximum atomic E-state index is 12.4. The highest BCUT2D eigenvalue weighted by Gasteiger charge is 2.16. The summed E-state index contributed by atoms with van der Waals surface area (Å²) in [5, 5.41) is 19.1. The maximum Gasteiger partial charge on any atom is 0.272 e. The van der Waals surface area contributed by atoms with E-state index in [1.54, 1.807) is 10.6 Å². The van der Waals surface area contributed by atoms with Gasteiger partial charge in [-0.1, -0.05) is 36.4 Å². The lowest BCUT2D eigenvalue weighted by molar-refractivity contribution is -0.117. The molecular weight excluding hydrogens is 354 g/mol. The number of rotatable bonds is 5. The SMILES string of the molecule is C=CCn1c(O)c(N=NC(=O)Cc2nc3ccccc3n2C)c2ccccc21. The fraction of sp³-hybridized carbons (Fsp3) is 0.143. The Labute approximate surface area is 161 Å². The quantitative estimate of drug-likeness (QED) is 0.419. The average Bonchev–Trinajstić information content (AvgIpc) is 3.16. The zero-order valence-electron chi connectivity index (χ0n) is 15.4. The lowest BCUT2D eigenvalue weighted by atomic mass is 10.2. The van der Waals surface area contributed by atoms with Crippen LogP contribution in [0.25, 0.3) is 21.9 Å². The molecule has 7 heteroatoms. The number of aromatic nitrogens is 3. The van der Waals surface area contributed by atoms with Crippen LogP contribution in [0, 0.1) is 0 Å². The van der Waals surface area contributed by atoms with Gasteiger partial charge in [-0.05, 0) is 18.2 Å². The van der Waals surface area contributed by atoms with Gasteiger partial charge in [-0.3, -0.25) is 4.79 Å². The summed E-state index contributed by atoms with van der Waals surface area (Å²) in [6.07, 6.45) is 1.71. The molecule has 0 spiro atoms. The van der Waals surface area contributed by atoms with E-state index in [1.165, 1.54) is 0 Å². The standard InChI is InChI=1S/C21H19N5O2/c1-3-12-26-16-10-6-4-8-14(16)20(21(26)28)24-23-19(27)13-18-22-15-9-5-7-11-17(15)25(18)2/h3-11,28H,1,12-13H2,2H3. The van der Waals surface area contributed by atoms with Gasteiger partial charge < -0.3 is 14.2 Å². The van der Waals surface area contributed by atoms with Crippen molar-refractivity contribution in [2.75, 3.05) is 0 Å². The third kappa shape index (κ3) is 2.96. The molecule has 0 saturated carbocycles. The molecule has 0 atom stereocenters. The third-order valence-electron chi connectivity index (χ3n) is 4.68. The zero-order valence-corrected chi connectivity index (χ0v) is 15.4. The van der Waals surface area contributed by atoms with Crippen LogP contribution in [0.3, 0.4) is 0 Å². The van der Waals surface area contributed by atoms with Crippen LogP contribution < -0.4 is 0 Å². The predicted molar refractivity (Wildman–Crippen MR) is 108 cm³/mol. The van der Waals surface area contributed by atoms with Crippen molar-refractivity contribution in [3.05, 3.63) is 67.0 Å². The number of imidazole rings is 1. The Morgan fingerprint density at radius 2 is 1.89 bits per heavy atom. The number of benzene rings is 2. The van der Waals surface area contributed by atoms with Gasteiger partial charge in [0.25, 0.3) is 5.91 Å². The van der Waals surface area contributed by atoms with Gasteiger partial charge >= 0.3 is 0 Å². The Balaban J connectivity index is 1.64. The summed E-state index contributed by atoms with van der Waals surface area (Å²) >= 11 is 0. The topological polar surface area (TPSA) is 84.8 Å². The fourth-order valence-electron chi connectivity index (χ4n) is 3.31. The molecule has 0 bridgehead atoms. The molecular formula is C21H19N5O2. The number of nitrogens with zero attached hydrogens (tertiary/aromatic N) is 5. The number of aryl methyl sites for hydroxylation is 1. The molecule has 1 N–H and O–H groups in total. The predicted octanol–water partition coefficient (Wildman–Crippen LogP) is 4.27. The van der Waals surface area contributed by atoms with Crippen LogP contribution in [0.4, 0.5) is 5.69 Å². The molecule has 140 valence electrons. The Hall–Kier alpha value is -3.74. The van der Waals surface area contributed by atoms with Crippen LogP contribution in [-0.2, 0) is 24.8 Å². The van der Waals surface area contributed by atoms with Gasteiger partial charge in [0.2, 0.25) is 5.88 Å². The minimum absolute atomic E-state index is 0.0285. The first-order valence-electron chi connectivity index (χ1n) is 8.86. The number of hydrogen-bond acceptors (Lipinski definition) is 4. The molecule has 7 nitrogen and oxygen atoms in total. The number of para-hydroxylation sites is 3. The Bertz CT molecular complexity index is 1230. The molecule has 0 aliphatic rings. The molecule has 28 heavy (non-hydrogen) atoms. The molecule has 1 amide bonds. The van der Waals surface area contributed by atoms with E-state index in [0.29, 0.717) is 12.4 Å². The fourth-order valence-corrected chi connectivity index (χ4v) is 3.31. The highest BCUT2D eigenvalue weighted by atomic mass is 16.3. The van der Waals surface area contributed by atoms with Gasteiger partial charge in [0.1, 0.15) is 5.82 Å². The van der Waals surface area contributed by atoms with Gasteiger partial charge in [-0.25, -0.2) is 4.98 Å². The van der Waals surface area contributed by atoms with Gasteiger partial charge in [-0.2, -0.15) is 0 Å². The van der Waals surface area contributed by atoms with E-state index in [1.807, 2.05) is 60.1 Å². The molecule has 0 unspecified atom stereocenters.